The average molecular weight is 508 g/mol. The number of aryl methyl sites for hydroxylation is 1. The van der Waals surface area contributed by atoms with Crippen LogP contribution in [0.4, 0.5) is 5.69 Å². The van der Waals surface area contributed by atoms with Crippen LogP contribution in [0, 0.1) is 6.92 Å². The minimum absolute atomic E-state index is 0.0446. The van der Waals surface area contributed by atoms with E-state index in [1.165, 1.54) is 11.0 Å². The summed E-state index contributed by atoms with van der Waals surface area (Å²) in [5, 5.41) is 3.31. The van der Waals surface area contributed by atoms with Crippen molar-refractivity contribution in [3.63, 3.8) is 0 Å². The van der Waals surface area contributed by atoms with Crippen molar-refractivity contribution < 1.29 is 18.0 Å². The third-order valence-corrected chi connectivity index (χ3v) is 7.06. The molecule has 0 saturated heterocycles. The van der Waals surface area contributed by atoms with Gasteiger partial charge in [-0.25, -0.2) is 8.42 Å². The minimum Gasteiger partial charge on any atom is -0.352 e. The highest BCUT2D eigenvalue weighted by atomic mass is 35.5. The molecule has 0 saturated carbocycles. The molecule has 0 aliphatic carbocycles. The number of rotatable bonds is 11. The van der Waals surface area contributed by atoms with Crippen molar-refractivity contribution in [3.8, 4) is 0 Å². The second kappa shape index (κ2) is 12.2. The number of carbonyl (C=O) groups excluding carboxylic acids is 2. The van der Waals surface area contributed by atoms with Crippen LogP contribution in [0.2, 0.25) is 5.02 Å². The number of amides is 2. The van der Waals surface area contributed by atoms with E-state index in [0.717, 1.165) is 22.5 Å². The summed E-state index contributed by atoms with van der Waals surface area (Å²) in [5.41, 5.74) is 1.84. The molecule has 1 N–H and O–H groups in total. The van der Waals surface area contributed by atoms with Gasteiger partial charge in [-0.3, -0.25) is 13.9 Å². The van der Waals surface area contributed by atoms with Gasteiger partial charge in [-0.1, -0.05) is 61.8 Å². The fraction of sp³-hybridized carbons (Fsp3) is 0.440. The normalized spacial score (nSPS) is 13.1. The van der Waals surface area contributed by atoms with E-state index in [2.05, 4.69) is 5.32 Å². The first kappa shape index (κ1) is 27.7. The van der Waals surface area contributed by atoms with E-state index in [9.17, 15) is 18.0 Å². The van der Waals surface area contributed by atoms with Crippen molar-refractivity contribution in [1.29, 1.82) is 0 Å². The molecule has 9 heteroatoms. The van der Waals surface area contributed by atoms with Gasteiger partial charge >= 0.3 is 0 Å². The van der Waals surface area contributed by atoms with E-state index in [4.69, 9.17) is 11.6 Å². The maximum Gasteiger partial charge on any atom is 0.244 e. The molecule has 186 valence electrons. The summed E-state index contributed by atoms with van der Waals surface area (Å²) in [5.74, 6) is -0.731. The molecule has 0 aliphatic heterocycles. The molecule has 2 amide bonds. The summed E-state index contributed by atoms with van der Waals surface area (Å²) in [6, 6.07) is 13.4. The third kappa shape index (κ3) is 7.46. The van der Waals surface area contributed by atoms with Crippen molar-refractivity contribution in [2.75, 3.05) is 17.1 Å². The van der Waals surface area contributed by atoms with Gasteiger partial charge in [0, 0.05) is 17.6 Å². The number of carbonyl (C=O) groups is 2. The highest BCUT2D eigenvalue weighted by Gasteiger charge is 2.32. The highest BCUT2D eigenvalue weighted by molar-refractivity contribution is 7.92. The first-order chi connectivity index (χ1) is 16.0. The third-order valence-electron chi connectivity index (χ3n) is 5.70. The maximum absolute atomic E-state index is 13.6. The Bertz CT molecular complexity index is 1090. The smallest absolute Gasteiger partial charge is 0.244 e. The van der Waals surface area contributed by atoms with Crippen LogP contribution in [0.15, 0.2) is 48.5 Å². The number of anilines is 1. The molecule has 0 aliphatic rings. The summed E-state index contributed by atoms with van der Waals surface area (Å²) < 4.78 is 26.5. The summed E-state index contributed by atoms with van der Waals surface area (Å²) >= 11 is 6.12. The predicted molar refractivity (Wildman–Crippen MR) is 137 cm³/mol. The van der Waals surface area contributed by atoms with E-state index in [-0.39, 0.29) is 18.5 Å². The lowest BCUT2D eigenvalue weighted by molar-refractivity contribution is -0.140. The number of hydrogen-bond donors (Lipinski definition) is 1. The predicted octanol–water partition coefficient (Wildman–Crippen LogP) is 4.14. The van der Waals surface area contributed by atoms with Crippen molar-refractivity contribution in [2.45, 2.75) is 59.2 Å². The average Bonchev–Trinajstić information content (AvgIpc) is 2.78. The van der Waals surface area contributed by atoms with Crippen LogP contribution in [0.3, 0.4) is 0 Å². The molecular weight excluding hydrogens is 474 g/mol. The fourth-order valence-electron chi connectivity index (χ4n) is 3.59. The Kier molecular flexibility index (Phi) is 9.94. The van der Waals surface area contributed by atoms with Crippen molar-refractivity contribution >= 4 is 39.1 Å². The number of hydrogen-bond acceptors (Lipinski definition) is 4. The lowest BCUT2D eigenvalue weighted by atomic mass is 10.1. The van der Waals surface area contributed by atoms with Crippen LogP contribution in [0.1, 0.15) is 44.7 Å². The van der Waals surface area contributed by atoms with Crippen LogP contribution < -0.4 is 9.62 Å². The van der Waals surface area contributed by atoms with Crippen molar-refractivity contribution in [2.24, 2.45) is 0 Å². The molecule has 2 aromatic rings. The fourth-order valence-corrected chi connectivity index (χ4v) is 4.65. The van der Waals surface area contributed by atoms with Gasteiger partial charge < -0.3 is 10.2 Å². The first-order valence-corrected chi connectivity index (χ1v) is 13.6. The molecule has 0 bridgehead atoms. The number of benzene rings is 2. The standard InChI is InChI=1S/C25H34ClN3O4S/c1-6-19(4)27-25(31)22(7-2)28(16-20-11-9-8-10-12-20)24(30)17-29(34(5,32)33)23-15-21(26)14-13-18(23)3/h8-15,19,22H,6-7,16-17H2,1-5H3,(H,27,31)/t19-,22+/m0/s1. The van der Waals surface area contributed by atoms with E-state index in [0.29, 0.717) is 22.7 Å². The summed E-state index contributed by atoms with van der Waals surface area (Å²) in [6.07, 6.45) is 2.19. The first-order valence-electron chi connectivity index (χ1n) is 11.4. The lowest BCUT2D eigenvalue weighted by Crippen LogP contribution is -2.53. The monoisotopic (exact) mass is 507 g/mol. The molecular formula is C25H34ClN3O4S. The second-order valence-electron chi connectivity index (χ2n) is 8.45. The van der Waals surface area contributed by atoms with E-state index in [1.54, 1.807) is 19.1 Å². The van der Waals surface area contributed by atoms with Crippen LogP contribution in [-0.4, -0.2) is 50.0 Å². The zero-order valence-electron chi connectivity index (χ0n) is 20.4. The Labute approximate surface area is 208 Å². The summed E-state index contributed by atoms with van der Waals surface area (Å²) in [4.78, 5) is 28.2. The lowest BCUT2D eigenvalue weighted by Gasteiger charge is -2.33. The van der Waals surface area contributed by atoms with Crippen LogP contribution in [0.5, 0.6) is 0 Å². The molecule has 34 heavy (non-hydrogen) atoms. The molecule has 7 nitrogen and oxygen atoms in total. The Morgan fingerprint density at radius 1 is 1.06 bits per heavy atom. The highest BCUT2D eigenvalue weighted by Crippen LogP contribution is 2.27. The number of halogens is 1. The number of nitrogens with one attached hydrogen (secondary N) is 1. The Morgan fingerprint density at radius 3 is 2.26 bits per heavy atom. The van der Waals surface area contributed by atoms with Gasteiger partial charge in [0.15, 0.2) is 0 Å². The van der Waals surface area contributed by atoms with Crippen LogP contribution in [0.25, 0.3) is 0 Å². The summed E-state index contributed by atoms with van der Waals surface area (Å²) in [7, 11) is -3.81. The quantitative estimate of drug-likeness (QED) is 0.495. The maximum atomic E-state index is 13.6. The largest absolute Gasteiger partial charge is 0.352 e. The van der Waals surface area contributed by atoms with E-state index < -0.39 is 28.5 Å². The van der Waals surface area contributed by atoms with Crippen LogP contribution >= 0.6 is 11.6 Å². The molecule has 0 unspecified atom stereocenters. The molecule has 0 spiro atoms. The summed E-state index contributed by atoms with van der Waals surface area (Å²) in [6.45, 7) is 7.20. The van der Waals surface area contributed by atoms with Gasteiger partial charge in [-0.05, 0) is 49.9 Å². The second-order valence-corrected chi connectivity index (χ2v) is 10.8. The van der Waals surface area contributed by atoms with E-state index in [1.807, 2.05) is 51.1 Å². The van der Waals surface area contributed by atoms with Crippen molar-refractivity contribution in [3.05, 3.63) is 64.7 Å². The Balaban J connectivity index is 2.45. The van der Waals surface area contributed by atoms with Crippen LogP contribution in [-0.2, 0) is 26.2 Å². The van der Waals surface area contributed by atoms with Gasteiger partial charge in [0.05, 0.1) is 11.9 Å². The van der Waals surface area contributed by atoms with Crippen molar-refractivity contribution in [1.82, 2.24) is 10.2 Å². The molecule has 0 fully saturated rings. The van der Waals surface area contributed by atoms with E-state index >= 15 is 0 Å². The zero-order valence-corrected chi connectivity index (χ0v) is 22.0. The number of sulfonamides is 1. The van der Waals surface area contributed by atoms with Gasteiger partial charge in [0.1, 0.15) is 12.6 Å². The molecule has 0 radical (unpaired) electrons. The minimum atomic E-state index is -3.81. The van der Waals surface area contributed by atoms with Gasteiger partial charge in [-0.15, -0.1) is 0 Å². The molecule has 0 aromatic heterocycles. The van der Waals surface area contributed by atoms with Gasteiger partial charge in [0.25, 0.3) is 0 Å². The topological polar surface area (TPSA) is 86.8 Å². The molecule has 2 aromatic carbocycles. The zero-order chi connectivity index (χ0) is 25.5. The SMILES string of the molecule is CC[C@H](C(=O)N[C@@H](C)CC)N(Cc1ccccc1)C(=O)CN(c1cc(Cl)ccc1C)S(C)(=O)=O. The molecule has 2 rings (SSSR count). The molecule has 0 heterocycles. The Morgan fingerprint density at radius 2 is 1.71 bits per heavy atom. The van der Waals surface area contributed by atoms with Gasteiger partial charge in [0.2, 0.25) is 21.8 Å². The van der Waals surface area contributed by atoms with Gasteiger partial charge in [-0.2, -0.15) is 0 Å². The Hall–Kier alpha value is -2.58. The molecule has 2 atom stereocenters. The number of nitrogens with zero attached hydrogens (tertiary/aromatic N) is 2.